The Morgan fingerprint density at radius 1 is 1.04 bits per heavy atom. The second kappa shape index (κ2) is 7.18. The Morgan fingerprint density at radius 3 is 2.37 bits per heavy atom. The molecule has 4 rings (SSSR count). The highest BCUT2D eigenvalue weighted by Crippen LogP contribution is 2.52. The number of carbonyl (C=O) groups is 2. The van der Waals surface area contributed by atoms with Gasteiger partial charge in [0.1, 0.15) is 0 Å². The van der Waals surface area contributed by atoms with Gasteiger partial charge in [0, 0.05) is 17.6 Å². The highest BCUT2D eigenvalue weighted by atomic mass is 16.5. The first kappa shape index (κ1) is 17.8. The van der Waals surface area contributed by atoms with Crippen molar-refractivity contribution in [3.63, 3.8) is 0 Å². The van der Waals surface area contributed by atoms with Gasteiger partial charge in [-0.2, -0.15) is 0 Å². The normalized spacial score (nSPS) is 26.2. The first-order valence-corrected chi connectivity index (χ1v) is 9.74. The second-order valence-corrected chi connectivity index (χ2v) is 7.57. The quantitative estimate of drug-likeness (QED) is 0.758. The number of rotatable bonds is 5. The Kier molecular flexibility index (Phi) is 4.73. The molecule has 0 unspecified atom stereocenters. The third kappa shape index (κ3) is 3.03. The third-order valence-corrected chi connectivity index (χ3v) is 6.04. The molecule has 0 N–H and O–H groups in total. The lowest BCUT2D eigenvalue weighted by atomic mass is 9.70. The van der Waals surface area contributed by atoms with Gasteiger partial charge >= 0.3 is 5.97 Å². The summed E-state index contributed by atoms with van der Waals surface area (Å²) < 4.78 is 5.51. The molecule has 2 aliphatic rings. The van der Waals surface area contributed by atoms with Crippen molar-refractivity contribution in [2.75, 3.05) is 6.61 Å². The molecule has 2 aromatic carbocycles. The monoisotopic (exact) mass is 363 g/mol. The zero-order chi connectivity index (χ0) is 18.9. The first-order chi connectivity index (χ1) is 13.2. The average molecular weight is 363 g/mol. The Hall–Kier alpha value is -2.62. The average Bonchev–Trinajstić information content (AvgIpc) is 3.25. The molecular formula is C23H25NO3. The number of benzene rings is 2. The molecule has 4 heteroatoms. The van der Waals surface area contributed by atoms with E-state index in [1.54, 1.807) is 0 Å². The van der Waals surface area contributed by atoms with Crippen molar-refractivity contribution in [2.45, 2.75) is 44.7 Å². The van der Waals surface area contributed by atoms with E-state index in [0.717, 1.165) is 18.4 Å². The van der Waals surface area contributed by atoms with Gasteiger partial charge < -0.3 is 9.64 Å². The molecule has 2 aromatic rings. The smallest absolute Gasteiger partial charge is 0.314 e. The van der Waals surface area contributed by atoms with Crippen LogP contribution in [0.3, 0.4) is 0 Å². The fourth-order valence-electron chi connectivity index (χ4n) is 4.94. The van der Waals surface area contributed by atoms with Gasteiger partial charge in [0.2, 0.25) is 0 Å². The maximum Gasteiger partial charge on any atom is 0.314 e. The van der Waals surface area contributed by atoms with Crippen LogP contribution >= 0.6 is 0 Å². The van der Waals surface area contributed by atoms with Crippen LogP contribution < -0.4 is 0 Å². The van der Waals surface area contributed by atoms with Crippen molar-refractivity contribution in [1.29, 1.82) is 0 Å². The maximum absolute atomic E-state index is 13.2. The zero-order valence-corrected chi connectivity index (χ0v) is 15.6. The molecule has 27 heavy (non-hydrogen) atoms. The van der Waals surface area contributed by atoms with Crippen LogP contribution in [0.1, 0.15) is 42.1 Å². The summed E-state index contributed by atoms with van der Waals surface area (Å²) in [6.45, 7) is 2.20. The van der Waals surface area contributed by atoms with Crippen molar-refractivity contribution in [3.8, 4) is 0 Å². The van der Waals surface area contributed by atoms with Gasteiger partial charge in [0.05, 0.1) is 12.0 Å². The number of nitrogens with zero attached hydrogens (tertiary/aromatic N) is 1. The van der Waals surface area contributed by atoms with Crippen molar-refractivity contribution in [2.24, 2.45) is 5.41 Å². The van der Waals surface area contributed by atoms with Crippen molar-refractivity contribution >= 4 is 11.9 Å². The van der Waals surface area contributed by atoms with Crippen LogP contribution in [0.15, 0.2) is 60.7 Å². The molecule has 1 amide bonds. The predicted molar refractivity (Wildman–Crippen MR) is 103 cm³/mol. The van der Waals surface area contributed by atoms with Crippen LogP contribution in [0.4, 0.5) is 0 Å². The Morgan fingerprint density at radius 2 is 1.70 bits per heavy atom. The van der Waals surface area contributed by atoms with Gasteiger partial charge in [0.25, 0.3) is 5.91 Å². The minimum atomic E-state index is -0.648. The van der Waals surface area contributed by atoms with Crippen LogP contribution in [-0.4, -0.2) is 35.5 Å². The fraction of sp³-hybridized carbons (Fsp3) is 0.391. The molecule has 2 fully saturated rings. The molecule has 4 nitrogen and oxygen atoms in total. The molecule has 2 bridgehead atoms. The molecule has 2 saturated heterocycles. The van der Waals surface area contributed by atoms with E-state index >= 15 is 0 Å². The zero-order valence-electron chi connectivity index (χ0n) is 15.6. The van der Waals surface area contributed by atoms with Crippen LogP contribution in [-0.2, 0) is 16.0 Å². The summed E-state index contributed by atoms with van der Waals surface area (Å²) in [7, 11) is 0. The number of hydrogen-bond donors (Lipinski definition) is 0. The van der Waals surface area contributed by atoms with E-state index in [1.165, 1.54) is 0 Å². The molecule has 0 radical (unpaired) electrons. The summed E-state index contributed by atoms with van der Waals surface area (Å²) >= 11 is 0. The standard InChI is InChI=1S/C23H25NO3/c1-2-27-22(26)23(15-17-9-5-3-6-10-17)16-19-13-14-20(23)24(19)21(25)18-11-7-4-8-12-18/h3-12,19-20H,2,13-16H2,1H3/t19-,20+,23+/m1/s1. The maximum atomic E-state index is 13.2. The predicted octanol–water partition coefficient (Wildman–Crippen LogP) is 3.86. The van der Waals surface area contributed by atoms with Gasteiger partial charge in [0.15, 0.2) is 0 Å². The lowest BCUT2D eigenvalue weighted by Crippen LogP contribution is -2.47. The molecule has 0 aliphatic carbocycles. The summed E-state index contributed by atoms with van der Waals surface area (Å²) in [4.78, 5) is 28.3. The van der Waals surface area contributed by atoms with Gasteiger partial charge in [-0.1, -0.05) is 48.5 Å². The number of fused-ring (bicyclic) bond motifs is 2. The van der Waals surface area contributed by atoms with Crippen molar-refractivity contribution in [1.82, 2.24) is 4.90 Å². The van der Waals surface area contributed by atoms with E-state index in [2.05, 4.69) is 12.1 Å². The Bertz CT molecular complexity index is 820. The molecule has 3 atom stereocenters. The molecule has 0 saturated carbocycles. The van der Waals surface area contributed by atoms with Crippen LogP contribution in [0, 0.1) is 5.41 Å². The van der Waals surface area contributed by atoms with Gasteiger partial charge in [-0.25, -0.2) is 0 Å². The van der Waals surface area contributed by atoms with Crippen molar-refractivity contribution < 1.29 is 14.3 Å². The summed E-state index contributed by atoms with van der Waals surface area (Å²) in [5.41, 5.74) is 1.16. The lowest BCUT2D eigenvalue weighted by molar-refractivity contribution is -0.157. The van der Waals surface area contributed by atoms with E-state index < -0.39 is 5.41 Å². The number of ether oxygens (including phenoxy) is 1. The van der Waals surface area contributed by atoms with E-state index in [4.69, 9.17) is 4.74 Å². The molecule has 2 heterocycles. The van der Waals surface area contributed by atoms with Crippen LogP contribution in [0.25, 0.3) is 0 Å². The van der Waals surface area contributed by atoms with Gasteiger partial charge in [-0.3, -0.25) is 9.59 Å². The third-order valence-electron chi connectivity index (χ3n) is 6.04. The van der Waals surface area contributed by atoms with E-state index in [-0.39, 0.29) is 24.0 Å². The van der Waals surface area contributed by atoms with E-state index in [1.807, 2.05) is 60.4 Å². The fourth-order valence-corrected chi connectivity index (χ4v) is 4.94. The summed E-state index contributed by atoms with van der Waals surface area (Å²) in [5, 5.41) is 0. The number of carbonyl (C=O) groups excluding carboxylic acids is 2. The minimum absolute atomic E-state index is 0.0299. The molecule has 0 spiro atoms. The van der Waals surface area contributed by atoms with Gasteiger partial charge in [-0.15, -0.1) is 0 Å². The molecule has 140 valence electrons. The SMILES string of the molecule is CCOC(=O)[C@@]1(Cc2ccccc2)C[C@H]2CC[C@@H]1N2C(=O)c1ccccc1. The topological polar surface area (TPSA) is 46.6 Å². The molecule has 2 aliphatic heterocycles. The molecule has 0 aromatic heterocycles. The van der Waals surface area contributed by atoms with Gasteiger partial charge in [-0.05, 0) is 50.3 Å². The number of esters is 1. The summed E-state index contributed by atoms with van der Waals surface area (Å²) in [5.74, 6) is -0.130. The largest absolute Gasteiger partial charge is 0.465 e. The first-order valence-electron chi connectivity index (χ1n) is 9.74. The van der Waals surface area contributed by atoms with E-state index in [9.17, 15) is 9.59 Å². The number of amides is 1. The number of hydrogen-bond acceptors (Lipinski definition) is 3. The summed E-state index contributed by atoms with van der Waals surface area (Å²) in [6.07, 6.45) is 3.12. The van der Waals surface area contributed by atoms with Crippen LogP contribution in [0.5, 0.6) is 0 Å². The van der Waals surface area contributed by atoms with Crippen molar-refractivity contribution in [3.05, 3.63) is 71.8 Å². The minimum Gasteiger partial charge on any atom is -0.465 e. The highest BCUT2D eigenvalue weighted by molar-refractivity contribution is 5.96. The Balaban J connectivity index is 1.69. The molecular weight excluding hydrogens is 338 g/mol. The summed E-state index contributed by atoms with van der Waals surface area (Å²) in [6, 6.07) is 19.5. The highest BCUT2D eigenvalue weighted by Gasteiger charge is 2.61. The Labute approximate surface area is 160 Å². The van der Waals surface area contributed by atoms with Crippen LogP contribution in [0.2, 0.25) is 0 Å². The lowest BCUT2D eigenvalue weighted by Gasteiger charge is -2.35. The second-order valence-electron chi connectivity index (χ2n) is 7.57. The van der Waals surface area contributed by atoms with E-state index in [0.29, 0.717) is 25.0 Å².